The third-order valence-electron chi connectivity index (χ3n) is 6.54. The van der Waals surface area contributed by atoms with Gasteiger partial charge in [0.2, 0.25) is 12.7 Å². The Morgan fingerprint density at radius 2 is 1.85 bits per heavy atom. The Bertz CT molecular complexity index is 978. The monoisotopic (exact) mass is 453 g/mol. The molecule has 2 amide bonds. The van der Waals surface area contributed by atoms with Crippen molar-refractivity contribution in [3.63, 3.8) is 0 Å². The Labute approximate surface area is 196 Å². The smallest absolute Gasteiger partial charge is 0.254 e. The van der Waals surface area contributed by atoms with Gasteiger partial charge in [-0.05, 0) is 49.1 Å². The van der Waals surface area contributed by atoms with Crippen LogP contribution in [0.15, 0.2) is 36.5 Å². The second-order valence-corrected chi connectivity index (χ2v) is 9.57. The summed E-state index contributed by atoms with van der Waals surface area (Å²) >= 11 is 0. The number of benzene rings is 1. The first-order valence-electron chi connectivity index (χ1n) is 12.0. The molecule has 1 fully saturated rings. The lowest BCUT2D eigenvalue weighted by atomic mass is 9.93. The third kappa shape index (κ3) is 5.52. The van der Waals surface area contributed by atoms with E-state index in [1.165, 1.54) is 6.42 Å². The lowest BCUT2D eigenvalue weighted by molar-refractivity contribution is -0.133. The van der Waals surface area contributed by atoms with E-state index < -0.39 is 0 Å². The Morgan fingerprint density at radius 1 is 1.09 bits per heavy atom. The molecule has 0 spiro atoms. The van der Waals surface area contributed by atoms with Crippen molar-refractivity contribution in [1.29, 1.82) is 0 Å². The van der Waals surface area contributed by atoms with Gasteiger partial charge in [-0.15, -0.1) is 0 Å². The second-order valence-electron chi connectivity index (χ2n) is 9.57. The lowest BCUT2D eigenvalue weighted by Gasteiger charge is -2.36. The average Bonchev–Trinajstić information content (AvgIpc) is 3.45. The summed E-state index contributed by atoms with van der Waals surface area (Å²) in [5, 5.41) is 0. The molecular weight excluding hydrogens is 418 g/mol. The van der Waals surface area contributed by atoms with Gasteiger partial charge < -0.3 is 23.8 Å². The Hall–Kier alpha value is -2.96. The van der Waals surface area contributed by atoms with E-state index in [4.69, 9.17) is 9.47 Å². The first-order chi connectivity index (χ1) is 15.9. The molecule has 0 N–H and O–H groups in total. The number of carbonyl (C=O) groups excluding carboxylic acids is 2. The minimum Gasteiger partial charge on any atom is -0.454 e. The van der Waals surface area contributed by atoms with Gasteiger partial charge in [0.15, 0.2) is 11.5 Å². The Morgan fingerprint density at radius 3 is 2.55 bits per heavy atom. The predicted molar refractivity (Wildman–Crippen MR) is 126 cm³/mol. The fourth-order valence-corrected chi connectivity index (χ4v) is 4.75. The van der Waals surface area contributed by atoms with Crippen molar-refractivity contribution in [3.8, 4) is 11.5 Å². The number of nitrogens with zero attached hydrogens (tertiary/aromatic N) is 3. The van der Waals surface area contributed by atoms with Crippen LogP contribution in [-0.2, 0) is 18.4 Å². The summed E-state index contributed by atoms with van der Waals surface area (Å²) in [7, 11) is 1.99. The van der Waals surface area contributed by atoms with E-state index in [-0.39, 0.29) is 31.2 Å². The van der Waals surface area contributed by atoms with Crippen LogP contribution in [0.25, 0.3) is 0 Å². The van der Waals surface area contributed by atoms with Crippen molar-refractivity contribution in [3.05, 3.63) is 47.8 Å². The molecule has 33 heavy (non-hydrogen) atoms. The number of fused-ring (bicyclic) bond motifs is 1. The molecule has 7 heteroatoms. The molecule has 1 aromatic heterocycles. The number of rotatable bonds is 8. The molecule has 1 aliphatic heterocycles. The highest BCUT2D eigenvalue weighted by molar-refractivity contribution is 5.97. The molecule has 4 rings (SSSR count). The van der Waals surface area contributed by atoms with Gasteiger partial charge >= 0.3 is 0 Å². The minimum absolute atomic E-state index is 0.00966. The number of aromatic nitrogens is 1. The van der Waals surface area contributed by atoms with Gasteiger partial charge in [0.25, 0.3) is 5.91 Å². The summed E-state index contributed by atoms with van der Waals surface area (Å²) in [6.45, 7) is 5.68. The van der Waals surface area contributed by atoms with E-state index in [1.54, 1.807) is 23.1 Å². The number of hydrogen-bond acceptors (Lipinski definition) is 4. The van der Waals surface area contributed by atoms with Crippen LogP contribution in [0.2, 0.25) is 0 Å². The standard InChI is InChI=1S/C26H35N3O4/c1-19(2)15-28(16-22-10-7-13-27(22)3)25(30)17-29(21-8-5-4-6-9-21)26(31)20-11-12-23-24(14-20)33-18-32-23/h7,10-14,19,21H,4-6,8-9,15-18H2,1-3H3. The zero-order chi connectivity index (χ0) is 23.4. The summed E-state index contributed by atoms with van der Waals surface area (Å²) in [4.78, 5) is 30.9. The van der Waals surface area contributed by atoms with Gasteiger partial charge in [0, 0.05) is 37.1 Å². The lowest BCUT2D eigenvalue weighted by Crippen LogP contribution is -2.48. The van der Waals surface area contributed by atoms with Gasteiger partial charge in [-0.25, -0.2) is 0 Å². The van der Waals surface area contributed by atoms with Crippen molar-refractivity contribution in [2.75, 3.05) is 19.9 Å². The van der Waals surface area contributed by atoms with Gasteiger partial charge in [0.1, 0.15) is 6.54 Å². The summed E-state index contributed by atoms with van der Waals surface area (Å²) in [5.74, 6) is 1.45. The highest BCUT2D eigenvalue weighted by Crippen LogP contribution is 2.33. The number of hydrogen-bond donors (Lipinski definition) is 0. The fourth-order valence-electron chi connectivity index (χ4n) is 4.75. The molecule has 1 saturated carbocycles. The van der Waals surface area contributed by atoms with Crippen molar-refractivity contribution >= 4 is 11.8 Å². The normalized spacial score (nSPS) is 15.6. The molecule has 1 aliphatic carbocycles. The maximum Gasteiger partial charge on any atom is 0.254 e. The van der Waals surface area contributed by atoms with Crippen molar-refractivity contribution in [2.24, 2.45) is 13.0 Å². The van der Waals surface area contributed by atoms with E-state index in [0.717, 1.165) is 31.4 Å². The summed E-state index contributed by atoms with van der Waals surface area (Å²) in [6, 6.07) is 9.39. The van der Waals surface area contributed by atoms with Crippen LogP contribution in [0.1, 0.15) is 62.0 Å². The molecule has 7 nitrogen and oxygen atoms in total. The summed E-state index contributed by atoms with van der Waals surface area (Å²) in [5.41, 5.74) is 1.62. The largest absolute Gasteiger partial charge is 0.454 e. The highest BCUT2D eigenvalue weighted by atomic mass is 16.7. The SMILES string of the molecule is CC(C)CN(Cc1cccn1C)C(=O)CN(C(=O)c1ccc2c(c1)OCO2)C1CCCCC1. The van der Waals surface area contributed by atoms with Crippen molar-refractivity contribution < 1.29 is 19.1 Å². The van der Waals surface area contributed by atoms with E-state index >= 15 is 0 Å². The molecule has 0 saturated heterocycles. The molecule has 1 aromatic carbocycles. The number of ether oxygens (including phenoxy) is 2. The zero-order valence-corrected chi connectivity index (χ0v) is 20.0. The topological polar surface area (TPSA) is 64.0 Å². The predicted octanol–water partition coefficient (Wildman–Crippen LogP) is 4.21. The molecule has 0 atom stereocenters. The Kier molecular flexibility index (Phi) is 7.26. The average molecular weight is 454 g/mol. The molecular formula is C26H35N3O4. The van der Waals surface area contributed by atoms with Crippen LogP contribution >= 0.6 is 0 Å². The molecule has 2 aliphatic rings. The Balaban J connectivity index is 1.56. The molecule has 0 unspecified atom stereocenters. The molecule has 0 radical (unpaired) electrons. The molecule has 2 heterocycles. The minimum atomic E-state index is -0.114. The first-order valence-corrected chi connectivity index (χ1v) is 12.0. The molecule has 0 bridgehead atoms. The van der Waals surface area contributed by atoms with Crippen LogP contribution in [0, 0.1) is 5.92 Å². The van der Waals surface area contributed by atoms with E-state index in [0.29, 0.717) is 36.1 Å². The van der Waals surface area contributed by atoms with E-state index in [1.807, 2.05) is 34.8 Å². The summed E-state index contributed by atoms with van der Waals surface area (Å²) in [6.07, 6.45) is 7.22. The zero-order valence-electron chi connectivity index (χ0n) is 20.0. The van der Waals surface area contributed by atoms with Crippen LogP contribution in [0.4, 0.5) is 0 Å². The molecule has 2 aromatic rings. The van der Waals surface area contributed by atoms with Crippen molar-refractivity contribution in [1.82, 2.24) is 14.4 Å². The van der Waals surface area contributed by atoms with Gasteiger partial charge in [0.05, 0.1) is 6.54 Å². The fraction of sp³-hybridized carbons (Fsp3) is 0.538. The van der Waals surface area contributed by atoms with E-state index in [9.17, 15) is 9.59 Å². The van der Waals surface area contributed by atoms with Crippen LogP contribution in [-0.4, -0.2) is 52.1 Å². The third-order valence-corrected chi connectivity index (χ3v) is 6.54. The number of carbonyl (C=O) groups is 2. The quantitative estimate of drug-likeness (QED) is 0.601. The first kappa shape index (κ1) is 23.2. The van der Waals surface area contributed by atoms with Crippen molar-refractivity contribution in [2.45, 2.75) is 58.5 Å². The van der Waals surface area contributed by atoms with Gasteiger partial charge in [-0.2, -0.15) is 0 Å². The maximum absolute atomic E-state index is 13.7. The maximum atomic E-state index is 13.7. The number of aryl methyl sites for hydroxylation is 1. The number of amides is 2. The summed E-state index contributed by atoms with van der Waals surface area (Å²) < 4.78 is 12.9. The van der Waals surface area contributed by atoms with Crippen LogP contribution in [0.5, 0.6) is 11.5 Å². The van der Waals surface area contributed by atoms with Gasteiger partial charge in [-0.1, -0.05) is 33.1 Å². The van der Waals surface area contributed by atoms with Gasteiger partial charge in [-0.3, -0.25) is 9.59 Å². The second kappa shape index (κ2) is 10.3. The van der Waals surface area contributed by atoms with Crippen LogP contribution < -0.4 is 9.47 Å². The van der Waals surface area contributed by atoms with E-state index in [2.05, 4.69) is 13.8 Å². The highest BCUT2D eigenvalue weighted by Gasteiger charge is 2.31. The molecule has 178 valence electrons. The van der Waals surface area contributed by atoms with Crippen LogP contribution in [0.3, 0.4) is 0 Å².